The maximum absolute atomic E-state index is 12.5. The van der Waals surface area contributed by atoms with E-state index in [9.17, 15) is 9.59 Å². The van der Waals surface area contributed by atoms with Crippen LogP contribution in [0.5, 0.6) is 0 Å². The van der Waals surface area contributed by atoms with Gasteiger partial charge in [-0.2, -0.15) is 0 Å². The average molecular weight is 468 g/mol. The molecule has 32 heavy (non-hydrogen) atoms. The van der Waals surface area contributed by atoms with Gasteiger partial charge in [0, 0.05) is 37.8 Å². The summed E-state index contributed by atoms with van der Waals surface area (Å²) in [5.41, 5.74) is 0.634. The predicted octanol–water partition coefficient (Wildman–Crippen LogP) is 3.87. The Morgan fingerprint density at radius 3 is 2.19 bits per heavy atom. The summed E-state index contributed by atoms with van der Waals surface area (Å²) >= 11 is 6.25. The van der Waals surface area contributed by atoms with E-state index in [2.05, 4.69) is 14.9 Å². The van der Waals surface area contributed by atoms with Crippen molar-refractivity contribution in [3.63, 3.8) is 0 Å². The van der Waals surface area contributed by atoms with Crippen LogP contribution >= 0.6 is 11.6 Å². The molecule has 0 spiro atoms. The van der Waals surface area contributed by atoms with E-state index < -0.39 is 11.2 Å². The largest absolute Gasteiger partial charge is 0.444 e. The number of hydrogen-bond acceptors (Lipinski definition) is 7. The number of amides is 2. The molecule has 0 radical (unpaired) electrons. The van der Waals surface area contributed by atoms with E-state index in [4.69, 9.17) is 21.1 Å². The van der Waals surface area contributed by atoms with Crippen LogP contribution in [0, 0.1) is 0 Å². The zero-order valence-electron chi connectivity index (χ0n) is 20.1. The minimum absolute atomic E-state index is 0.0511. The summed E-state index contributed by atoms with van der Waals surface area (Å²) in [5.74, 6) is 0.777. The molecular formula is C22H34ClN5O4. The third-order valence-corrected chi connectivity index (χ3v) is 5.39. The number of anilines is 1. The van der Waals surface area contributed by atoms with Crippen molar-refractivity contribution in [2.75, 3.05) is 31.1 Å². The minimum Gasteiger partial charge on any atom is -0.444 e. The highest BCUT2D eigenvalue weighted by Crippen LogP contribution is 2.30. The molecule has 0 bridgehead atoms. The first-order chi connectivity index (χ1) is 14.7. The molecule has 2 amide bonds. The third-order valence-electron chi connectivity index (χ3n) is 5.22. The fraction of sp³-hybridized carbons (Fsp3) is 0.727. The van der Waals surface area contributed by atoms with Crippen molar-refractivity contribution in [2.24, 2.45) is 0 Å². The molecule has 3 heterocycles. The minimum atomic E-state index is -0.560. The molecule has 3 rings (SSSR count). The molecule has 178 valence electrons. The molecule has 0 aromatic carbocycles. The predicted molar refractivity (Wildman–Crippen MR) is 122 cm³/mol. The van der Waals surface area contributed by atoms with Crippen LogP contribution < -0.4 is 4.90 Å². The number of aromatic nitrogens is 2. The van der Waals surface area contributed by atoms with Gasteiger partial charge in [0.15, 0.2) is 0 Å². The van der Waals surface area contributed by atoms with Crippen LogP contribution in [0.15, 0.2) is 0 Å². The summed E-state index contributed by atoms with van der Waals surface area (Å²) in [6.07, 6.45) is -0.0544. The van der Waals surface area contributed by atoms with Crippen molar-refractivity contribution < 1.29 is 19.1 Å². The number of ether oxygens (including phenoxy) is 2. The van der Waals surface area contributed by atoms with Gasteiger partial charge in [-0.25, -0.2) is 19.6 Å². The summed E-state index contributed by atoms with van der Waals surface area (Å²) in [6, 6.07) is -0.0511. The summed E-state index contributed by atoms with van der Waals surface area (Å²) in [5, 5.41) is 0.145. The first-order valence-electron chi connectivity index (χ1n) is 11.0. The van der Waals surface area contributed by atoms with Crippen molar-refractivity contribution >= 4 is 29.6 Å². The van der Waals surface area contributed by atoms with Gasteiger partial charge in [-0.05, 0) is 66.5 Å². The van der Waals surface area contributed by atoms with Crippen LogP contribution in [0.1, 0.15) is 59.7 Å². The Hall–Kier alpha value is -2.29. The molecule has 0 N–H and O–H groups in total. The Morgan fingerprint density at radius 1 is 0.969 bits per heavy atom. The zero-order chi connectivity index (χ0) is 23.8. The van der Waals surface area contributed by atoms with Crippen LogP contribution in [0.2, 0.25) is 5.28 Å². The van der Waals surface area contributed by atoms with Gasteiger partial charge in [-0.15, -0.1) is 0 Å². The Kier molecular flexibility index (Phi) is 6.79. The smallest absolute Gasteiger partial charge is 0.410 e. The van der Waals surface area contributed by atoms with Crippen molar-refractivity contribution in [3.05, 3.63) is 16.5 Å². The standard InChI is InChI=1S/C22H34ClN5O4/c1-14-12-26(10-11-28(14)20(30)32-22(5,6)7)17-15-8-9-27(19(29)31-21(2,3)4)13-16(15)24-18(23)25-17/h14H,8-13H2,1-7H3/t14-/m0/s1. The highest BCUT2D eigenvalue weighted by atomic mass is 35.5. The molecule has 0 aliphatic carbocycles. The van der Waals surface area contributed by atoms with Crippen molar-refractivity contribution in [2.45, 2.75) is 78.7 Å². The molecule has 2 aliphatic rings. The molecule has 0 saturated carbocycles. The summed E-state index contributed by atoms with van der Waals surface area (Å²) in [4.78, 5) is 39.5. The fourth-order valence-electron chi connectivity index (χ4n) is 3.87. The van der Waals surface area contributed by atoms with E-state index in [-0.39, 0.29) is 23.5 Å². The number of fused-ring (bicyclic) bond motifs is 1. The summed E-state index contributed by atoms with van der Waals surface area (Å²) in [6.45, 7) is 15.7. The lowest BCUT2D eigenvalue weighted by Gasteiger charge is -2.41. The molecule has 1 aromatic heterocycles. The quantitative estimate of drug-likeness (QED) is 0.579. The topological polar surface area (TPSA) is 88.1 Å². The number of rotatable bonds is 1. The van der Waals surface area contributed by atoms with E-state index in [1.165, 1.54) is 0 Å². The molecule has 1 aromatic rings. The second kappa shape index (κ2) is 8.92. The summed E-state index contributed by atoms with van der Waals surface area (Å²) in [7, 11) is 0. The lowest BCUT2D eigenvalue weighted by atomic mass is 10.0. The highest BCUT2D eigenvalue weighted by Gasteiger charge is 2.34. The van der Waals surface area contributed by atoms with Crippen molar-refractivity contribution in [3.8, 4) is 0 Å². The first kappa shape index (κ1) is 24.4. The summed E-state index contributed by atoms with van der Waals surface area (Å²) < 4.78 is 11.0. The van der Waals surface area contributed by atoms with Gasteiger partial charge in [-0.1, -0.05) is 0 Å². The van der Waals surface area contributed by atoms with Crippen LogP contribution in [0.25, 0.3) is 0 Å². The molecule has 0 unspecified atom stereocenters. The van der Waals surface area contributed by atoms with Gasteiger partial charge < -0.3 is 24.2 Å². The van der Waals surface area contributed by atoms with E-state index >= 15 is 0 Å². The Labute approximate surface area is 195 Å². The molecule has 2 aliphatic heterocycles. The van der Waals surface area contributed by atoms with Gasteiger partial charge in [0.1, 0.15) is 17.0 Å². The molecule has 10 heteroatoms. The van der Waals surface area contributed by atoms with Crippen LogP contribution in [0.4, 0.5) is 15.4 Å². The second-order valence-corrected chi connectivity index (χ2v) is 10.7. The zero-order valence-corrected chi connectivity index (χ0v) is 20.8. The van der Waals surface area contributed by atoms with Gasteiger partial charge in [0.05, 0.1) is 12.2 Å². The molecule has 1 atom stereocenters. The number of nitrogens with zero attached hydrogens (tertiary/aromatic N) is 5. The van der Waals surface area contributed by atoms with Gasteiger partial charge in [0.25, 0.3) is 0 Å². The number of carbonyl (C=O) groups excluding carboxylic acids is 2. The maximum Gasteiger partial charge on any atom is 0.410 e. The Bertz CT molecular complexity index is 880. The lowest BCUT2D eigenvalue weighted by molar-refractivity contribution is 0.0158. The Morgan fingerprint density at radius 2 is 1.59 bits per heavy atom. The van der Waals surface area contributed by atoms with E-state index in [1.54, 1.807) is 9.80 Å². The van der Waals surface area contributed by atoms with E-state index in [0.29, 0.717) is 39.1 Å². The van der Waals surface area contributed by atoms with Crippen LogP contribution in [-0.2, 0) is 22.4 Å². The molecular weight excluding hydrogens is 434 g/mol. The average Bonchev–Trinajstić information content (AvgIpc) is 2.63. The number of halogens is 1. The lowest BCUT2D eigenvalue weighted by Crippen LogP contribution is -2.55. The monoisotopic (exact) mass is 467 g/mol. The van der Waals surface area contributed by atoms with Crippen LogP contribution in [-0.4, -0.2) is 75.4 Å². The van der Waals surface area contributed by atoms with Gasteiger partial charge >= 0.3 is 12.2 Å². The van der Waals surface area contributed by atoms with Gasteiger partial charge in [-0.3, -0.25) is 0 Å². The second-order valence-electron chi connectivity index (χ2n) is 10.4. The SMILES string of the molecule is C[C@H]1CN(c2nc(Cl)nc3c2CCN(C(=O)OC(C)(C)C)C3)CCN1C(=O)OC(C)(C)C. The van der Waals surface area contributed by atoms with Crippen LogP contribution in [0.3, 0.4) is 0 Å². The third kappa shape index (κ3) is 5.94. The van der Waals surface area contributed by atoms with Gasteiger partial charge in [0.2, 0.25) is 5.28 Å². The van der Waals surface area contributed by atoms with Crippen molar-refractivity contribution in [1.82, 2.24) is 19.8 Å². The van der Waals surface area contributed by atoms with E-state index in [0.717, 1.165) is 17.1 Å². The number of hydrogen-bond donors (Lipinski definition) is 0. The molecule has 1 saturated heterocycles. The van der Waals surface area contributed by atoms with Crippen molar-refractivity contribution in [1.29, 1.82) is 0 Å². The Balaban J connectivity index is 1.75. The number of carbonyl (C=O) groups is 2. The maximum atomic E-state index is 12.5. The normalized spacial score (nSPS) is 19.5. The molecule has 1 fully saturated rings. The highest BCUT2D eigenvalue weighted by molar-refractivity contribution is 6.28. The molecule has 9 nitrogen and oxygen atoms in total. The number of piperazine rings is 1. The first-order valence-corrected chi connectivity index (χ1v) is 11.4. The van der Waals surface area contributed by atoms with E-state index in [1.807, 2.05) is 48.5 Å². The fourth-order valence-corrected chi connectivity index (χ4v) is 4.05.